The number of pyridine rings is 2. The molecule has 9 heteroatoms. The van der Waals surface area contributed by atoms with E-state index in [9.17, 15) is 18.0 Å². The minimum absolute atomic E-state index is 0.113. The molecule has 1 aliphatic rings. The Morgan fingerprint density at radius 2 is 1.91 bits per heavy atom. The molecule has 1 atom stereocenters. The van der Waals surface area contributed by atoms with E-state index in [4.69, 9.17) is 0 Å². The van der Waals surface area contributed by atoms with Gasteiger partial charge in [-0.3, -0.25) is 9.78 Å². The second-order valence-electron chi connectivity index (χ2n) is 7.82. The molecule has 0 bridgehead atoms. The van der Waals surface area contributed by atoms with Crippen LogP contribution in [0, 0.1) is 5.92 Å². The number of amides is 1. The Kier molecular flexibility index (Phi) is 7.17. The molecule has 2 aromatic heterocycles. The lowest BCUT2D eigenvalue weighted by molar-refractivity contribution is -0.137. The molecule has 0 spiro atoms. The molecule has 0 aliphatic carbocycles. The van der Waals surface area contributed by atoms with E-state index in [0.717, 1.165) is 22.3 Å². The monoisotopic (exact) mass is 472 g/mol. The number of hydrogen-bond donors (Lipinski definition) is 1. The van der Waals surface area contributed by atoms with Gasteiger partial charge in [-0.15, -0.1) is 11.8 Å². The Bertz CT molecular complexity index is 1080. The molecule has 33 heavy (non-hydrogen) atoms. The number of carbonyl (C=O) groups excluding carboxylic acids is 1. The maximum absolute atomic E-state index is 13.4. The van der Waals surface area contributed by atoms with Crippen LogP contribution < -0.4 is 10.2 Å². The summed E-state index contributed by atoms with van der Waals surface area (Å²) in [6, 6.07) is 13.8. The van der Waals surface area contributed by atoms with Gasteiger partial charge in [-0.2, -0.15) is 13.2 Å². The molecule has 0 saturated carbocycles. The van der Waals surface area contributed by atoms with Gasteiger partial charge < -0.3 is 10.2 Å². The lowest BCUT2D eigenvalue weighted by Crippen LogP contribution is -2.42. The molecular weight excluding hydrogens is 449 g/mol. The largest absolute Gasteiger partial charge is 0.419 e. The van der Waals surface area contributed by atoms with Crippen LogP contribution in [0.25, 0.3) is 0 Å². The summed E-state index contributed by atoms with van der Waals surface area (Å²) in [6.07, 6.45) is 1.67. The summed E-state index contributed by atoms with van der Waals surface area (Å²) in [5, 5.41) is 2.90. The number of piperidine rings is 1. The number of aromatic nitrogens is 2. The van der Waals surface area contributed by atoms with Crippen molar-refractivity contribution in [1.29, 1.82) is 0 Å². The zero-order chi connectivity index (χ0) is 23.3. The van der Waals surface area contributed by atoms with Gasteiger partial charge in [0.25, 0.3) is 0 Å². The summed E-state index contributed by atoms with van der Waals surface area (Å²) < 4.78 is 40.1. The van der Waals surface area contributed by atoms with Crippen molar-refractivity contribution in [2.75, 3.05) is 23.3 Å². The highest BCUT2D eigenvalue weighted by molar-refractivity contribution is 7.98. The first-order valence-corrected chi connectivity index (χ1v) is 11.6. The average Bonchev–Trinajstić information content (AvgIpc) is 2.84. The number of nitrogens with zero attached hydrogens (tertiary/aromatic N) is 3. The van der Waals surface area contributed by atoms with Crippen molar-refractivity contribution in [3.05, 3.63) is 78.2 Å². The van der Waals surface area contributed by atoms with Crippen LogP contribution in [0.4, 0.5) is 24.7 Å². The van der Waals surface area contributed by atoms with Crippen molar-refractivity contribution in [3.8, 4) is 0 Å². The van der Waals surface area contributed by atoms with Crippen LogP contribution in [0.5, 0.6) is 0 Å². The summed E-state index contributed by atoms with van der Waals surface area (Å²) in [5.74, 6) is 0.0733. The average molecular weight is 473 g/mol. The standard InChI is InChI=1S/C24H23F3N4OS/c25-24(26,27)21-6-2-12-29-22(21)31-13-3-5-18(15-31)23(32)30-19-7-9-20(10-8-19)33-16-17-4-1-11-28-14-17/h1-2,4,6-12,14,18H,3,5,13,15-16H2,(H,30,32). The van der Waals surface area contributed by atoms with E-state index in [1.165, 1.54) is 12.3 Å². The summed E-state index contributed by atoms with van der Waals surface area (Å²) in [5.41, 5.74) is 1.02. The maximum atomic E-state index is 13.4. The Labute approximate surface area is 194 Å². The third-order valence-electron chi connectivity index (χ3n) is 5.43. The Morgan fingerprint density at radius 3 is 2.64 bits per heavy atom. The van der Waals surface area contributed by atoms with Crippen molar-refractivity contribution in [3.63, 3.8) is 0 Å². The van der Waals surface area contributed by atoms with Crippen molar-refractivity contribution in [2.24, 2.45) is 5.92 Å². The third kappa shape index (κ3) is 6.04. The van der Waals surface area contributed by atoms with Gasteiger partial charge in [0.05, 0.1) is 11.5 Å². The van der Waals surface area contributed by atoms with Gasteiger partial charge in [0.2, 0.25) is 5.91 Å². The number of alkyl halides is 3. The number of hydrogen-bond acceptors (Lipinski definition) is 5. The second kappa shape index (κ2) is 10.2. The number of thioether (sulfide) groups is 1. The summed E-state index contributed by atoms with van der Waals surface area (Å²) in [4.78, 5) is 23.5. The fourth-order valence-electron chi connectivity index (χ4n) is 3.78. The van der Waals surface area contributed by atoms with E-state index in [2.05, 4.69) is 15.3 Å². The van der Waals surface area contributed by atoms with Gasteiger partial charge >= 0.3 is 6.18 Å². The van der Waals surface area contributed by atoms with E-state index in [0.29, 0.717) is 25.1 Å². The Hall–Kier alpha value is -3.07. The summed E-state index contributed by atoms with van der Waals surface area (Å²) >= 11 is 1.67. The molecule has 0 radical (unpaired) electrons. The SMILES string of the molecule is O=C(Nc1ccc(SCc2cccnc2)cc1)C1CCCN(c2ncccc2C(F)(F)F)C1. The lowest BCUT2D eigenvalue weighted by Gasteiger charge is -2.34. The minimum Gasteiger partial charge on any atom is -0.355 e. The van der Waals surface area contributed by atoms with Gasteiger partial charge in [0.15, 0.2) is 0 Å². The van der Waals surface area contributed by atoms with Crippen LogP contribution in [0.15, 0.2) is 72.0 Å². The van der Waals surface area contributed by atoms with E-state index in [1.807, 2.05) is 42.6 Å². The van der Waals surface area contributed by atoms with Gasteiger partial charge in [0, 0.05) is 48.0 Å². The van der Waals surface area contributed by atoms with Gasteiger partial charge in [0.1, 0.15) is 5.82 Å². The van der Waals surface area contributed by atoms with Crippen molar-refractivity contribution >= 4 is 29.2 Å². The van der Waals surface area contributed by atoms with E-state index in [1.54, 1.807) is 22.9 Å². The summed E-state index contributed by atoms with van der Waals surface area (Å²) in [7, 11) is 0. The molecular formula is C24H23F3N4OS. The zero-order valence-electron chi connectivity index (χ0n) is 17.8. The fourth-order valence-corrected chi connectivity index (χ4v) is 4.62. The summed E-state index contributed by atoms with van der Waals surface area (Å²) in [6.45, 7) is 0.637. The highest BCUT2D eigenvalue weighted by Crippen LogP contribution is 2.36. The van der Waals surface area contributed by atoms with Crippen LogP contribution in [0.3, 0.4) is 0 Å². The molecule has 1 saturated heterocycles. The topological polar surface area (TPSA) is 58.1 Å². The Morgan fingerprint density at radius 1 is 1.12 bits per heavy atom. The van der Waals surface area contributed by atoms with Crippen LogP contribution in [0.2, 0.25) is 0 Å². The van der Waals surface area contributed by atoms with Crippen molar-refractivity contribution in [1.82, 2.24) is 9.97 Å². The first-order valence-electron chi connectivity index (χ1n) is 10.6. The van der Waals surface area contributed by atoms with Crippen LogP contribution in [0.1, 0.15) is 24.0 Å². The molecule has 4 rings (SSSR count). The van der Waals surface area contributed by atoms with E-state index >= 15 is 0 Å². The smallest absolute Gasteiger partial charge is 0.355 e. The number of carbonyl (C=O) groups is 1. The third-order valence-corrected chi connectivity index (χ3v) is 6.52. The number of rotatable bonds is 6. The van der Waals surface area contributed by atoms with Crippen molar-refractivity contribution in [2.45, 2.75) is 29.7 Å². The molecule has 3 heterocycles. The fraction of sp³-hybridized carbons (Fsp3) is 0.292. The van der Waals surface area contributed by atoms with Crippen LogP contribution >= 0.6 is 11.8 Å². The van der Waals surface area contributed by atoms with Crippen LogP contribution in [-0.2, 0) is 16.7 Å². The molecule has 172 valence electrons. The molecule has 1 amide bonds. The van der Waals surface area contributed by atoms with Crippen molar-refractivity contribution < 1.29 is 18.0 Å². The quantitative estimate of drug-likeness (QED) is 0.471. The predicted molar refractivity (Wildman–Crippen MR) is 123 cm³/mol. The molecule has 1 N–H and O–H groups in total. The molecule has 3 aromatic rings. The molecule has 1 aromatic carbocycles. The van der Waals surface area contributed by atoms with Gasteiger partial charge in [-0.05, 0) is 60.9 Å². The Balaban J connectivity index is 1.36. The van der Waals surface area contributed by atoms with Gasteiger partial charge in [-0.25, -0.2) is 4.98 Å². The number of benzene rings is 1. The predicted octanol–water partition coefficient (Wildman–Crippen LogP) is 5.64. The maximum Gasteiger partial charge on any atom is 0.419 e. The number of halogens is 3. The van der Waals surface area contributed by atoms with E-state index in [-0.39, 0.29) is 18.3 Å². The first-order chi connectivity index (χ1) is 15.9. The minimum atomic E-state index is -4.49. The number of anilines is 2. The lowest BCUT2D eigenvalue weighted by atomic mass is 9.96. The van der Waals surface area contributed by atoms with Crippen LogP contribution in [-0.4, -0.2) is 29.0 Å². The molecule has 1 unspecified atom stereocenters. The number of nitrogens with one attached hydrogen (secondary N) is 1. The molecule has 1 aliphatic heterocycles. The first kappa shape index (κ1) is 23.1. The highest BCUT2D eigenvalue weighted by atomic mass is 32.2. The molecule has 5 nitrogen and oxygen atoms in total. The molecule has 1 fully saturated rings. The zero-order valence-corrected chi connectivity index (χ0v) is 18.6. The second-order valence-corrected chi connectivity index (χ2v) is 8.87. The van der Waals surface area contributed by atoms with Gasteiger partial charge in [-0.1, -0.05) is 6.07 Å². The normalized spacial score (nSPS) is 16.5. The van der Waals surface area contributed by atoms with E-state index < -0.39 is 17.7 Å². The highest BCUT2D eigenvalue weighted by Gasteiger charge is 2.37.